The van der Waals surface area contributed by atoms with E-state index >= 15 is 0 Å². The number of hydrogen-bond acceptors (Lipinski definition) is 5. The van der Waals surface area contributed by atoms with E-state index in [1.807, 2.05) is 0 Å². The number of Topliss-reactive ketones (excluding diaryl/α,β-unsaturated/α-hetero) is 1. The minimum atomic E-state index is -0.236. The van der Waals surface area contributed by atoms with E-state index in [2.05, 4.69) is 9.64 Å². The van der Waals surface area contributed by atoms with E-state index in [1.165, 1.54) is 7.11 Å². The molecule has 0 aromatic rings. The summed E-state index contributed by atoms with van der Waals surface area (Å²) < 4.78 is 10.1. The SMILES string of the molecule is COC(=O)CC1CN(CCCC(C)=O)CCO1. The Labute approximate surface area is 102 Å². The highest BCUT2D eigenvalue weighted by Crippen LogP contribution is 2.10. The average Bonchev–Trinajstić information content (AvgIpc) is 2.29. The summed E-state index contributed by atoms with van der Waals surface area (Å²) >= 11 is 0. The highest BCUT2D eigenvalue weighted by molar-refractivity contribution is 5.75. The first-order chi connectivity index (χ1) is 8.11. The minimum absolute atomic E-state index is 0.0754. The largest absolute Gasteiger partial charge is 0.469 e. The topological polar surface area (TPSA) is 55.8 Å². The van der Waals surface area contributed by atoms with Gasteiger partial charge in [0.25, 0.3) is 0 Å². The van der Waals surface area contributed by atoms with Gasteiger partial charge in [-0.15, -0.1) is 0 Å². The van der Waals surface area contributed by atoms with Crippen molar-refractivity contribution in [3.63, 3.8) is 0 Å². The van der Waals surface area contributed by atoms with Crippen LogP contribution in [0.5, 0.6) is 0 Å². The molecule has 0 amide bonds. The molecule has 17 heavy (non-hydrogen) atoms. The number of nitrogens with zero attached hydrogens (tertiary/aromatic N) is 1. The first-order valence-electron chi connectivity index (χ1n) is 6.02. The van der Waals surface area contributed by atoms with Gasteiger partial charge in [0.15, 0.2) is 0 Å². The van der Waals surface area contributed by atoms with Gasteiger partial charge < -0.3 is 14.3 Å². The van der Waals surface area contributed by atoms with Crippen molar-refractivity contribution in [1.82, 2.24) is 4.90 Å². The van der Waals surface area contributed by atoms with Crippen LogP contribution in [0.2, 0.25) is 0 Å². The van der Waals surface area contributed by atoms with Crippen LogP contribution < -0.4 is 0 Å². The van der Waals surface area contributed by atoms with Crippen LogP contribution in [-0.2, 0) is 19.1 Å². The third kappa shape index (κ3) is 5.79. The summed E-state index contributed by atoms with van der Waals surface area (Å²) in [5, 5.41) is 0. The Balaban J connectivity index is 2.23. The van der Waals surface area contributed by atoms with Crippen LogP contribution in [0.4, 0.5) is 0 Å². The van der Waals surface area contributed by atoms with Crippen molar-refractivity contribution in [2.75, 3.05) is 33.4 Å². The summed E-state index contributed by atoms with van der Waals surface area (Å²) in [6, 6.07) is 0. The summed E-state index contributed by atoms with van der Waals surface area (Å²) in [6.07, 6.45) is 1.73. The number of hydrogen-bond donors (Lipinski definition) is 0. The number of ketones is 1. The fraction of sp³-hybridized carbons (Fsp3) is 0.833. The Morgan fingerprint density at radius 2 is 2.24 bits per heavy atom. The summed E-state index contributed by atoms with van der Waals surface area (Å²) in [4.78, 5) is 24.2. The predicted octanol–water partition coefficient (Wildman–Crippen LogP) is 0.619. The summed E-state index contributed by atoms with van der Waals surface area (Å²) in [7, 11) is 1.38. The number of morpholine rings is 1. The molecule has 1 aliphatic rings. The molecule has 1 atom stereocenters. The lowest BCUT2D eigenvalue weighted by molar-refractivity contribution is -0.145. The Kier molecular flexibility index (Phi) is 6.15. The first kappa shape index (κ1) is 14.1. The molecule has 0 aromatic carbocycles. The summed E-state index contributed by atoms with van der Waals surface area (Å²) in [5.41, 5.74) is 0. The molecular formula is C12H21NO4. The van der Waals surface area contributed by atoms with Crippen LogP contribution >= 0.6 is 0 Å². The molecule has 1 unspecified atom stereocenters. The average molecular weight is 243 g/mol. The molecule has 1 heterocycles. The highest BCUT2D eigenvalue weighted by Gasteiger charge is 2.22. The van der Waals surface area contributed by atoms with E-state index in [-0.39, 0.29) is 17.9 Å². The summed E-state index contributed by atoms with van der Waals surface area (Å²) in [5.74, 6) is -0.00930. The second-order valence-corrected chi connectivity index (χ2v) is 4.38. The van der Waals surface area contributed by atoms with E-state index in [4.69, 9.17) is 4.74 Å². The van der Waals surface area contributed by atoms with Gasteiger partial charge in [0.2, 0.25) is 0 Å². The van der Waals surface area contributed by atoms with Crippen LogP contribution in [0.15, 0.2) is 0 Å². The Morgan fingerprint density at radius 1 is 1.47 bits per heavy atom. The van der Waals surface area contributed by atoms with Gasteiger partial charge in [0.1, 0.15) is 5.78 Å². The molecule has 0 saturated carbocycles. The maximum absolute atomic E-state index is 11.1. The Bertz CT molecular complexity index is 267. The van der Waals surface area contributed by atoms with Crippen molar-refractivity contribution in [3.05, 3.63) is 0 Å². The molecule has 1 fully saturated rings. The second kappa shape index (κ2) is 7.40. The number of carbonyl (C=O) groups excluding carboxylic acids is 2. The zero-order valence-corrected chi connectivity index (χ0v) is 10.6. The lowest BCUT2D eigenvalue weighted by Gasteiger charge is -2.32. The molecule has 1 saturated heterocycles. The van der Waals surface area contributed by atoms with Crippen molar-refractivity contribution < 1.29 is 19.1 Å². The molecule has 0 bridgehead atoms. The van der Waals surface area contributed by atoms with Gasteiger partial charge in [0, 0.05) is 19.5 Å². The molecule has 1 aliphatic heterocycles. The number of methoxy groups -OCH3 is 1. The highest BCUT2D eigenvalue weighted by atomic mass is 16.5. The fourth-order valence-electron chi connectivity index (χ4n) is 1.93. The molecule has 1 rings (SSSR count). The van der Waals surface area contributed by atoms with Crippen LogP contribution in [-0.4, -0.2) is 56.1 Å². The van der Waals surface area contributed by atoms with Gasteiger partial charge in [-0.3, -0.25) is 9.69 Å². The quantitative estimate of drug-likeness (QED) is 0.640. The number of rotatable bonds is 6. The smallest absolute Gasteiger partial charge is 0.308 e. The molecule has 0 N–H and O–H groups in total. The van der Waals surface area contributed by atoms with Crippen molar-refractivity contribution in [3.8, 4) is 0 Å². The normalized spacial score (nSPS) is 21.2. The molecule has 5 nitrogen and oxygen atoms in total. The maximum atomic E-state index is 11.1. The molecular weight excluding hydrogens is 222 g/mol. The van der Waals surface area contributed by atoms with Gasteiger partial charge in [-0.2, -0.15) is 0 Å². The van der Waals surface area contributed by atoms with Gasteiger partial charge in [-0.25, -0.2) is 0 Å². The molecule has 0 radical (unpaired) electrons. The second-order valence-electron chi connectivity index (χ2n) is 4.38. The van der Waals surface area contributed by atoms with E-state index < -0.39 is 0 Å². The van der Waals surface area contributed by atoms with E-state index in [0.717, 1.165) is 26.1 Å². The van der Waals surface area contributed by atoms with Crippen molar-refractivity contribution >= 4 is 11.8 Å². The van der Waals surface area contributed by atoms with Crippen molar-refractivity contribution in [2.45, 2.75) is 32.3 Å². The maximum Gasteiger partial charge on any atom is 0.308 e. The van der Waals surface area contributed by atoms with Crippen LogP contribution in [0.1, 0.15) is 26.2 Å². The number of ether oxygens (including phenoxy) is 2. The van der Waals surface area contributed by atoms with Gasteiger partial charge in [0.05, 0.1) is 26.2 Å². The fourth-order valence-corrected chi connectivity index (χ4v) is 1.93. The molecule has 98 valence electrons. The van der Waals surface area contributed by atoms with Crippen LogP contribution in [0.3, 0.4) is 0 Å². The van der Waals surface area contributed by atoms with Crippen molar-refractivity contribution in [2.24, 2.45) is 0 Å². The van der Waals surface area contributed by atoms with E-state index in [9.17, 15) is 9.59 Å². The Hall–Kier alpha value is -0.940. The lowest BCUT2D eigenvalue weighted by atomic mass is 10.2. The zero-order chi connectivity index (χ0) is 12.7. The number of esters is 1. The first-order valence-corrected chi connectivity index (χ1v) is 6.02. The molecule has 0 spiro atoms. The van der Waals surface area contributed by atoms with E-state index in [0.29, 0.717) is 19.4 Å². The van der Waals surface area contributed by atoms with Crippen molar-refractivity contribution in [1.29, 1.82) is 0 Å². The van der Waals surface area contributed by atoms with Gasteiger partial charge >= 0.3 is 5.97 Å². The molecule has 0 aromatic heterocycles. The third-order valence-corrected chi connectivity index (χ3v) is 2.85. The number of carbonyl (C=O) groups is 2. The standard InChI is InChI=1S/C12H21NO4/c1-10(14)4-3-5-13-6-7-17-11(9-13)8-12(15)16-2/h11H,3-9H2,1-2H3. The summed E-state index contributed by atoms with van der Waals surface area (Å²) in [6.45, 7) is 4.75. The lowest BCUT2D eigenvalue weighted by Crippen LogP contribution is -2.43. The van der Waals surface area contributed by atoms with Crippen LogP contribution in [0, 0.1) is 0 Å². The van der Waals surface area contributed by atoms with E-state index in [1.54, 1.807) is 6.92 Å². The predicted molar refractivity (Wildman–Crippen MR) is 62.7 cm³/mol. The zero-order valence-electron chi connectivity index (χ0n) is 10.6. The van der Waals surface area contributed by atoms with Crippen LogP contribution in [0.25, 0.3) is 0 Å². The van der Waals surface area contributed by atoms with Gasteiger partial charge in [-0.1, -0.05) is 0 Å². The third-order valence-electron chi connectivity index (χ3n) is 2.85. The molecule has 5 heteroatoms. The Morgan fingerprint density at radius 3 is 2.88 bits per heavy atom. The van der Waals surface area contributed by atoms with Gasteiger partial charge in [-0.05, 0) is 19.9 Å². The molecule has 0 aliphatic carbocycles. The monoisotopic (exact) mass is 243 g/mol. The minimum Gasteiger partial charge on any atom is -0.469 e.